The van der Waals surface area contributed by atoms with Gasteiger partial charge in [-0.25, -0.2) is 9.97 Å². The largest absolute Gasteiger partial charge is 0.383 e. The minimum absolute atomic E-state index is 0.153. The molecule has 0 fully saturated rings. The first kappa shape index (κ1) is 13.0. The van der Waals surface area contributed by atoms with E-state index in [1.807, 2.05) is 20.0 Å². The Bertz CT molecular complexity index is 515. The normalized spacial score (nSPS) is 12.6. The minimum Gasteiger partial charge on any atom is -0.383 e. The molecule has 0 aliphatic rings. The Balaban J connectivity index is 2.28. The van der Waals surface area contributed by atoms with Crippen LogP contribution in [0.3, 0.4) is 0 Å². The zero-order chi connectivity index (χ0) is 13.1. The van der Waals surface area contributed by atoms with Gasteiger partial charge >= 0.3 is 0 Å². The van der Waals surface area contributed by atoms with Crippen molar-refractivity contribution in [1.29, 1.82) is 0 Å². The van der Waals surface area contributed by atoms with Crippen LogP contribution in [0.15, 0.2) is 17.6 Å². The fraction of sp³-hybridized carbons (Fsp3) is 0.385. The number of aromatic nitrogens is 2. The van der Waals surface area contributed by atoms with Crippen LogP contribution in [0.1, 0.15) is 27.9 Å². The second-order valence-electron chi connectivity index (χ2n) is 4.33. The lowest BCUT2D eigenvalue weighted by atomic mass is 9.99. The first-order valence-electron chi connectivity index (χ1n) is 5.91. The van der Waals surface area contributed by atoms with Gasteiger partial charge in [-0.2, -0.15) is 0 Å². The van der Waals surface area contributed by atoms with Crippen LogP contribution in [-0.4, -0.2) is 17.0 Å². The van der Waals surface area contributed by atoms with E-state index in [4.69, 9.17) is 5.73 Å². The molecule has 2 aromatic rings. The van der Waals surface area contributed by atoms with E-state index in [0.29, 0.717) is 5.82 Å². The van der Waals surface area contributed by atoms with E-state index >= 15 is 0 Å². The number of thiazole rings is 1. The van der Waals surface area contributed by atoms with Gasteiger partial charge in [-0.1, -0.05) is 0 Å². The van der Waals surface area contributed by atoms with Gasteiger partial charge in [0.15, 0.2) is 0 Å². The summed E-state index contributed by atoms with van der Waals surface area (Å²) < 4.78 is 0. The van der Waals surface area contributed by atoms with Crippen molar-refractivity contribution in [2.24, 2.45) is 0 Å². The molecule has 0 bridgehead atoms. The lowest BCUT2D eigenvalue weighted by Crippen LogP contribution is -2.21. The third-order valence-corrected chi connectivity index (χ3v) is 3.84. The molecule has 3 N–H and O–H groups in total. The Labute approximate surface area is 111 Å². The topological polar surface area (TPSA) is 63.8 Å². The number of anilines is 1. The molecule has 2 aromatic heterocycles. The Kier molecular flexibility index (Phi) is 3.93. The van der Waals surface area contributed by atoms with Crippen molar-refractivity contribution in [3.63, 3.8) is 0 Å². The molecule has 2 rings (SSSR count). The quantitative estimate of drug-likeness (QED) is 0.887. The molecular formula is C13H18N4S. The fourth-order valence-electron chi connectivity index (χ4n) is 2.10. The smallest absolute Gasteiger partial charge is 0.128 e. The van der Waals surface area contributed by atoms with E-state index < -0.39 is 0 Å². The zero-order valence-electron chi connectivity index (χ0n) is 10.9. The zero-order valence-corrected chi connectivity index (χ0v) is 11.7. The highest BCUT2D eigenvalue weighted by molar-refractivity contribution is 7.09. The van der Waals surface area contributed by atoms with Crippen LogP contribution in [0.4, 0.5) is 5.82 Å². The first-order valence-corrected chi connectivity index (χ1v) is 6.79. The maximum absolute atomic E-state index is 5.99. The Morgan fingerprint density at radius 1 is 1.44 bits per heavy atom. The molecule has 0 aliphatic carbocycles. The Morgan fingerprint density at radius 3 is 2.78 bits per heavy atom. The second-order valence-corrected chi connectivity index (χ2v) is 5.39. The van der Waals surface area contributed by atoms with Crippen LogP contribution in [0.2, 0.25) is 0 Å². The number of nitrogens with zero attached hydrogens (tertiary/aromatic N) is 2. The second kappa shape index (κ2) is 5.46. The number of hydrogen-bond acceptors (Lipinski definition) is 5. The van der Waals surface area contributed by atoms with Gasteiger partial charge in [-0.15, -0.1) is 11.3 Å². The van der Waals surface area contributed by atoms with Gasteiger partial charge in [-0.05, 0) is 32.5 Å². The molecule has 1 atom stereocenters. The summed E-state index contributed by atoms with van der Waals surface area (Å²) in [4.78, 5) is 8.68. The van der Waals surface area contributed by atoms with Crippen LogP contribution in [0.5, 0.6) is 0 Å². The molecule has 0 amide bonds. The third kappa shape index (κ3) is 2.68. The molecule has 0 radical (unpaired) electrons. The summed E-state index contributed by atoms with van der Waals surface area (Å²) in [5, 5.41) is 6.49. The van der Waals surface area contributed by atoms with Crippen molar-refractivity contribution in [3.8, 4) is 0 Å². The summed E-state index contributed by atoms with van der Waals surface area (Å²) in [6, 6.07) is 2.14. The first-order chi connectivity index (χ1) is 8.61. The number of nitrogens with two attached hydrogens (primary N) is 1. The molecule has 0 spiro atoms. The van der Waals surface area contributed by atoms with Gasteiger partial charge in [0.25, 0.3) is 0 Å². The van der Waals surface area contributed by atoms with Crippen molar-refractivity contribution in [2.45, 2.75) is 26.3 Å². The minimum atomic E-state index is 0.153. The Morgan fingerprint density at radius 2 is 2.22 bits per heavy atom. The van der Waals surface area contributed by atoms with E-state index in [1.165, 1.54) is 0 Å². The van der Waals surface area contributed by atoms with Crippen LogP contribution >= 0.6 is 11.3 Å². The molecule has 0 saturated heterocycles. The molecule has 18 heavy (non-hydrogen) atoms. The van der Waals surface area contributed by atoms with Gasteiger partial charge in [-0.3, -0.25) is 0 Å². The highest BCUT2D eigenvalue weighted by Gasteiger charge is 2.17. The Hall–Kier alpha value is -1.46. The predicted octanol–water partition coefficient (Wildman–Crippen LogP) is 2.24. The van der Waals surface area contributed by atoms with Gasteiger partial charge in [0.2, 0.25) is 0 Å². The lowest BCUT2D eigenvalue weighted by Gasteiger charge is -2.19. The van der Waals surface area contributed by atoms with E-state index in [9.17, 15) is 0 Å². The average Bonchev–Trinajstić information content (AvgIpc) is 2.73. The van der Waals surface area contributed by atoms with Crippen LogP contribution < -0.4 is 11.1 Å². The number of aryl methyl sites for hydroxylation is 2. The number of hydrogen-bond donors (Lipinski definition) is 2. The van der Waals surface area contributed by atoms with Crippen LogP contribution in [0.25, 0.3) is 0 Å². The lowest BCUT2D eigenvalue weighted by molar-refractivity contribution is 0.582. The standard InChI is InChI=1S/C13H18N4S/c1-8-4-5-16-13(14)12(8)11(15-3)6-10-7-18-9(2)17-10/h4-5,7,11,15H,6H2,1-3H3,(H2,14,16). The summed E-state index contributed by atoms with van der Waals surface area (Å²) in [5.41, 5.74) is 9.32. The summed E-state index contributed by atoms with van der Waals surface area (Å²) in [6.45, 7) is 4.08. The van der Waals surface area contributed by atoms with Crippen molar-refractivity contribution >= 4 is 17.2 Å². The molecule has 2 heterocycles. The molecule has 0 aromatic carbocycles. The summed E-state index contributed by atoms with van der Waals surface area (Å²) in [7, 11) is 1.94. The van der Waals surface area contributed by atoms with Gasteiger partial charge in [0.05, 0.1) is 10.7 Å². The number of likely N-dealkylation sites (N-methyl/N-ethyl adjacent to an activating group) is 1. The molecule has 1 unspecified atom stereocenters. The highest BCUT2D eigenvalue weighted by Crippen LogP contribution is 2.25. The van der Waals surface area contributed by atoms with E-state index in [2.05, 4.69) is 27.6 Å². The monoisotopic (exact) mass is 262 g/mol. The van der Waals surface area contributed by atoms with Gasteiger partial charge in [0, 0.05) is 29.6 Å². The van der Waals surface area contributed by atoms with Gasteiger partial charge in [0.1, 0.15) is 5.82 Å². The maximum Gasteiger partial charge on any atom is 0.128 e. The van der Waals surface area contributed by atoms with E-state index in [-0.39, 0.29) is 6.04 Å². The van der Waals surface area contributed by atoms with Crippen LogP contribution in [-0.2, 0) is 6.42 Å². The molecule has 4 nitrogen and oxygen atoms in total. The molecular weight excluding hydrogens is 244 g/mol. The van der Waals surface area contributed by atoms with Crippen LogP contribution in [0, 0.1) is 13.8 Å². The van der Waals surface area contributed by atoms with Crippen molar-refractivity contribution in [2.75, 3.05) is 12.8 Å². The number of rotatable bonds is 4. The number of nitrogens with one attached hydrogen (secondary N) is 1. The van der Waals surface area contributed by atoms with E-state index in [1.54, 1.807) is 17.5 Å². The van der Waals surface area contributed by atoms with Crippen molar-refractivity contribution < 1.29 is 0 Å². The summed E-state index contributed by atoms with van der Waals surface area (Å²) in [5.74, 6) is 0.598. The van der Waals surface area contributed by atoms with Gasteiger partial charge < -0.3 is 11.1 Å². The molecule has 0 aliphatic heterocycles. The molecule has 96 valence electrons. The van der Waals surface area contributed by atoms with Crippen molar-refractivity contribution in [1.82, 2.24) is 15.3 Å². The highest BCUT2D eigenvalue weighted by atomic mass is 32.1. The summed E-state index contributed by atoms with van der Waals surface area (Å²) >= 11 is 1.67. The number of nitrogen functional groups attached to an aromatic ring is 1. The SMILES string of the molecule is CNC(Cc1csc(C)n1)c1c(C)ccnc1N. The van der Waals surface area contributed by atoms with E-state index in [0.717, 1.165) is 28.2 Å². The maximum atomic E-state index is 5.99. The molecule has 0 saturated carbocycles. The van der Waals surface area contributed by atoms with Crippen molar-refractivity contribution in [3.05, 3.63) is 39.5 Å². The third-order valence-electron chi connectivity index (χ3n) is 3.02. The summed E-state index contributed by atoms with van der Waals surface area (Å²) in [6.07, 6.45) is 2.57. The fourth-order valence-corrected chi connectivity index (χ4v) is 2.73. The predicted molar refractivity (Wildman–Crippen MR) is 75.7 cm³/mol. The number of pyridine rings is 1. The average molecular weight is 262 g/mol. The molecule has 5 heteroatoms.